The SMILES string of the molecule is CN1CCN(c2cc(NCc3ccccc3)c3c(c2N)C(=O)c2ccccc2C3=O)CC1. The Kier molecular flexibility index (Phi) is 5.15. The Hall–Kier alpha value is -3.64. The third-order valence-corrected chi connectivity index (χ3v) is 6.39. The number of hydrogen-bond donors (Lipinski definition) is 2. The topological polar surface area (TPSA) is 78.7 Å². The van der Waals surface area contributed by atoms with Crippen LogP contribution >= 0.6 is 0 Å². The largest absolute Gasteiger partial charge is 0.396 e. The molecule has 1 aliphatic heterocycles. The van der Waals surface area contributed by atoms with Crippen LogP contribution in [0.2, 0.25) is 0 Å². The Balaban J connectivity index is 1.63. The van der Waals surface area contributed by atoms with Crippen molar-refractivity contribution in [2.75, 3.05) is 49.2 Å². The van der Waals surface area contributed by atoms with E-state index < -0.39 is 0 Å². The molecule has 5 rings (SSSR count). The van der Waals surface area contributed by atoms with Crippen LogP contribution in [0.15, 0.2) is 60.7 Å². The van der Waals surface area contributed by atoms with Crippen molar-refractivity contribution in [2.45, 2.75) is 6.54 Å². The molecule has 0 bridgehead atoms. The molecule has 1 fully saturated rings. The van der Waals surface area contributed by atoms with Crippen LogP contribution in [0.5, 0.6) is 0 Å². The lowest BCUT2D eigenvalue weighted by atomic mass is 9.81. The van der Waals surface area contributed by atoms with Gasteiger partial charge >= 0.3 is 0 Å². The normalized spacial score (nSPS) is 16.0. The summed E-state index contributed by atoms with van der Waals surface area (Å²) in [5, 5.41) is 3.42. The smallest absolute Gasteiger partial charge is 0.196 e. The van der Waals surface area contributed by atoms with Gasteiger partial charge in [0.15, 0.2) is 11.6 Å². The van der Waals surface area contributed by atoms with Gasteiger partial charge in [-0.1, -0.05) is 54.6 Å². The number of piperazine rings is 1. The standard InChI is InChI=1S/C26H26N4O2/c1-29-11-13-30(14-12-29)21-15-20(28-16-17-7-3-2-4-8-17)22-23(24(21)27)26(32)19-10-6-5-9-18(19)25(22)31/h2-10,15,28H,11-14,16,27H2,1H3. The zero-order valence-electron chi connectivity index (χ0n) is 18.1. The molecule has 6 nitrogen and oxygen atoms in total. The number of nitrogen functional groups attached to an aromatic ring is 1. The molecule has 32 heavy (non-hydrogen) atoms. The first kappa shape index (κ1) is 20.3. The summed E-state index contributed by atoms with van der Waals surface area (Å²) in [5.74, 6) is -0.353. The van der Waals surface area contributed by atoms with Crippen LogP contribution in [-0.4, -0.2) is 49.7 Å². The Morgan fingerprint density at radius 3 is 2.09 bits per heavy atom. The highest BCUT2D eigenvalue weighted by Crippen LogP contribution is 2.41. The first-order chi connectivity index (χ1) is 15.5. The minimum absolute atomic E-state index is 0.164. The lowest BCUT2D eigenvalue weighted by Crippen LogP contribution is -2.45. The number of ketones is 2. The van der Waals surface area contributed by atoms with Gasteiger partial charge in [0.1, 0.15) is 0 Å². The van der Waals surface area contributed by atoms with Gasteiger partial charge in [0.25, 0.3) is 0 Å². The predicted octanol–water partition coefficient (Wildman–Crippen LogP) is 3.41. The highest BCUT2D eigenvalue weighted by molar-refractivity contribution is 6.32. The molecule has 1 saturated heterocycles. The second kappa shape index (κ2) is 8.13. The van der Waals surface area contributed by atoms with Gasteiger partial charge in [0.2, 0.25) is 0 Å². The van der Waals surface area contributed by atoms with E-state index in [0.29, 0.717) is 40.2 Å². The van der Waals surface area contributed by atoms with Crippen molar-refractivity contribution in [3.8, 4) is 0 Å². The zero-order chi connectivity index (χ0) is 22.2. The van der Waals surface area contributed by atoms with E-state index in [4.69, 9.17) is 5.73 Å². The van der Waals surface area contributed by atoms with Crippen molar-refractivity contribution in [2.24, 2.45) is 0 Å². The summed E-state index contributed by atoms with van der Waals surface area (Å²) in [6.45, 7) is 4.01. The number of fused-ring (bicyclic) bond motifs is 2. The van der Waals surface area contributed by atoms with Gasteiger partial charge in [-0.05, 0) is 18.7 Å². The number of anilines is 3. The van der Waals surface area contributed by atoms with Crippen molar-refractivity contribution in [1.29, 1.82) is 0 Å². The molecule has 0 atom stereocenters. The van der Waals surface area contributed by atoms with Crippen LogP contribution in [-0.2, 0) is 6.54 Å². The van der Waals surface area contributed by atoms with Crippen molar-refractivity contribution in [1.82, 2.24) is 4.90 Å². The van der Waals surface area contributed by atoms with Crippen LogP contribution in [0.1, 0.15) is 37.4 Å². The molecule has 162 valence electrons. The number of rotatable bonds is 4. The fraction of sp³-hybridized carbons (Fsp3) is 0.231. The first-order valence-electron chi connectivity index (χ1n) is 10.9. The molecule has 0 aromatic heterocycles. The average molecular weight is 427 g/mol. The van der Waals surface area contributed by atoms with Crippen LogP contribution in [0.4, 0.5) is 17.1 Å². The average Bonchev–Trinajstić information content (AvgIpc) is 2.83. The predicted molar refractivity (Wildman–Crippen MR) is 128 cm³/mol. The van der Waals surface area contributed by atoms with E-state index in [9.17, 15) is 9.59 Å². The maximum absolute atomic E-state index is 13.5. The summed E-state index contributed by atoms with van der Waals surface area (Å²) < 4.78 is 0. The second-order valence-corrected chi connectivity index (χ2v) is 8.44. The third-order valence-electron chi connectivity index (χ3n) is 6.39. The van der Waals surface area contributed by atoms with Crippen molar-refractivity contribution in [3.05, 3.63) is 88.5 Å². The molecule has 0 saturated carbocycles. The minimum atomic E-state index is -0.188. The van der Waals surface area contributed by atoms with Crippen LogP contribution in [0, 0.1) is 0 Å². The summed E-state index contributed by atoms with van der Waals surface area (Å²) in [5.41, 5.74) is 11.1. The van der Waals surface area contributed by atoms with E-state index in [1.54, 1.807) is 24.3 Å². The Labute approximate surface area is 187 Å². The fourth-order valence-corrected chi connectivity index (χ4v) is 4.55. The molecule has 3 N–H and O–H groups in total. The lowest BCUT2D eigenvalue weighted by Gasteiger charge is -2.36. The Morgan fingerprint density at radius 2 is 1.44 bits per heavy atom. The van der Waals surface area contributed by atoms with Crippen molar-refractivity contribution in [3.63, 3.8) is 0 Å². The van der Waals surface area contributed by atoms with E-state index in [1.807, 2.05) is 36.4 Å². The van der Waals surface area contributed by atoms with Gasteiger partial charge < -0.3 is 20.9 Å². The molecule has 6 heteroatoms. The van der Waals surface area contributed by atoms with Crippen molar-refractivity contribution >= 4 is 28.6 Å². The third kappa shape index (κ3) is 3.42. The summed E-state index contributed by atoms with van der Waals surface area (Å²) >= 11 is 0. The maximum atomic E-state index is 13.5. The molecule has 3 aromatic carbocycles. The van der Waals surface area contributed by atoms with Gasteiger partial charge in [0.05, 0.1) is 22.5 Å². The zero-order valence-corrected chi connectivity index (χ0v) is 18.1. The minimum Gasteiger partial charge on any atom is -0.396 e. The van der Waals surface area contributed by atoms with Crippen molar-refractivity contribution < 1.29 is 9.59 Å². The maximum Gasteiger partial charge on any atom is 0.196 e. The Morgan fingerprint density at radius 1 is 0.844 bits per heavy atom. The van der Waals surface area contributed by atoms with E-state index in [-0.39, 0.29) is 11.6 Å². The summed E-state index contributed by atoms with van der Waals surface area (Å²) in [6, 6.07) is 18.9. The quantitative estimate of drug-likeness (QED) is 0.487. The van der Waals surface area contributed by atoms with E-state index in [1.165, 1.54) is 0 Å². The number of nitrogens with one attached hydrogen (secondary N) is 1. The van der Waals surface area contributed by atoms with Gasteiger partial charge in [0, 0.05) is 49.5 Å². The number of nitrogens with two attached hydrogens (primary N) is 1. The number of nitrogens with zero attached hydrogens (tertiary/aromatic N) is 2. The van der Waals surface area contributed by atoms with E-state index >= 15 is 0 Å². The summed E-state index contributed by atoms with van der Waals surface area (Å²) in [4.78, 5) is 31.5. The van der Waals surface area contributed by atoms with Gasteiger partial charge in [-0.15, -0.1) is 0 Å². The molecule has 2 aliphatic rings. The second-order valence-electron chi connectivity index (χ2n) is 8.44. The van der Waals surface area contributed by atoms with Gasteiger partial charge in [-0.3, -0.25) is 9.59 Å². The first-order valence-corrected chi connectivity index (χ1v) is 10.9. The molecule has 0 radical (unpaired) electrons. The van der Waals surface area contributed by atoms with Gasteiger partial charge in [-0.2, -0.15) is 0 Å². The van der Waals surface area contributed by atoms with Crippen LogP contribution in [0.25, 0.3) is 0 Å². The number of carbonyl (C=O) groups excluding carboxylic acids is 2. The summed E-state index contributed by atoms with van der Waals surface area (Å²) in [7, 11) is 2.10. The van der Waals surface area contributed by atoms with Gasteiger partial charge in [-0.25, -0.2) is 0 Å². The molecular formula is C26H26N4O2. The number of carbonyl (C=O) groups is 2. The highest BCUT2D eigenvalue weighted by atomic mass is 16.1. The van der Waals surface area contributed by atoms with E-state index in [0.717, 1.165) is 37.4 Å². The monoisotopic (exact) mass is 426 g/mol. The molecule has 0 unspecified atom stereocenters. The molecule has 1 heterocycles. The van der Waals surface area contributed by atoms with Crippen LogP contribution < -0.4 is 16.0 Å². The molecule has 1 aliphatic carbocycles. The molecule has 0 amide bonds. The number of benzene rings is 3. The fourth-order valence-electron chi connectivity index (χ4n) is 4.55. The Bertz CT molecular complexity index is 1200. The lowest BCUT2D eigenvalue weighted by molar-refractivity contribution is 0.0980. The molecular weight excluding hydrogens is 400 g/mol. The molecule has 3 aromatic rings. The molecule has 0 spiro atoms. The van der Waals surface area contributed by atoms with Crippen LogP contribution in [0.3, 0.4) is 0 Å². The number of likely N-dealkylation sites (N-methyl/N-ethyl adjacent to an activating group) is 1. The number of hydrogen-bond acceptors (Lipinski definition) is 6. The highest BCUT2D eigenvalue weighted by Gasteiger charge is 2.35. The summed E-state index contributed by atoms with van der Waals surface area (Å²) in [6.07, 6.45) is 0. The van der Waals surface area contributed by atoms with E-state index in [2.05, 4.69) is 22.2 Å².